The van der Waals surface area contributed by atoms with Gasteiger partial charge in [-0.2, -0.15) is 0 Å². The smallest absolute Gasteiger partial charge is 0.272 e. The zero-order valence-electron chi connectivity index (χ0n) is 12.0. The van der Waals surface area contributed by atoms with E-state index in [-0.39, 0.29) is 22.4 Å². The number of nitro benzene ring substituents is 1. The number of hydrogen-bond acceptors (Lipinski definition) is 4. The normalized spacial score (nSPS) is 11.9. The van der Waals surface area contributed by atoms with Gasteiger partial charge in [0.1, 0.15) is 5.75 Å². The van der Waals surface area contributed by atoms with Gasteiger partial charge in [-0.3, -0.25) is 10.1 Å². The highest BCUT2D eigenvalue weighted by molar-refractivity contribution is 5.54. The maximum atomic E-state index is 10.8. The van der Waals surface area contributed by atoms with E-state index in [1.807, 2.05) is 12.1 Å². The summed E-state index contributed by atoms with van der Waals surface area (Å²) in [5.74, 6) is 0.236. The highest BCUT2D eigenvalue weighted by Crippen LogP contribution is 2.27. The largest absolute Gasteiger partial charge is 0.508 e. The number of phenols is 1. The summed E-state index contributed by atoms with van der Waals surface area (Å²) in [6, 6.07) is 12.1. The number of anilines is 1. The lowest BCUT2D eigenvalue weighted by Crippen LogP contribution is -2.09. The van der Waals surface area contributed by atoms with Crippen molar-refractivity contribution in [3.05, 3.63) is 63.7 Å². The van der Waals surface area contributed by atoms with Crippen LogP contribution < -0.4 is 5.32 Å². The quantitative estimate of drug-likeness (QED) is 0.639. The third kappa shape index (κ3) is 3.51. The van der Waals surface area contributed by atoms with Crippen LogP contribution in [0, 0.1) is 17.0 Å². The number of nitrogens with one attached hydrogen (secondary N) is 1. The fourth-order valence-corrected chi connectivity index (χ4v) is 2.28. The first-order valence-electron chi connectivity index (χ1n) is 6.81. The van der Waals surface area contributed by atoms with Gasteiger partial charge in [-0.1, -0.05) is 19.1 Å². The monoisotopic (exact) mass is 286 g/mol. The number of aromatic hydroxyl groups is 1. The van der Waals surface area contributed by atoms with Crippen molar-refractivity contribution in [2.24, 2.45) is 0 Å². The molecule has 0 radical (unpaired) electrons. The summed E-state index contributed by atoms with van der Waals surface area (Å²) in [4.78, 5) is 10.4. The highest BCUT2D eigenvalue weighted by atomic mass is 16.6. The van der Waals surface area contributed by atoms with Crippen LogP contribution >= 0.6 is 0 Å². The van der Waals surface area contributed by atoms with Crippen LogP contribution in [0.4, 0.5) is 11.4 Å². The molecule has 0 aliphatic rings. The van der Waals surface area contributed by atoms with Crippen molar-refractivity contribution in [3.63, 3.8) is 0 Å². The Bertz CT molecular complexity index is 638. The number of phenolic OH excluding ortho intramolecular Hbond substituents is 1. The fraction of sp³-hybridized carbons (Fsp3) is 0.250. The van der Waals surface area contributed by atoms with E-state index in [1.54, 1.807) is 31.2 Å². The second-order valence-corrected chi connectivity index (χ2v) is 4.96. The summed E-state index contributed by atoms with van der Waals surface area (Å²) >= 11 is 0. The van der Waals surface area contributed by atoms with Gasteiger partial charge in [-0.15, -0.1) is 0 Å². The average molecular weight is 286 g/mol. The molecule has 0 aromatic heterocycles. The van der Waals surface area contributed by atoms with Gasteiger partial charge in [0.25, 0.3) is 5.69 Å². The fourth-order valence-electron chi connectivity index (χ4n) is 2.28. The summed E-state index contributed by atoms with van der Waals surface area (Å²) in [6.07, 6.45) is 0.862. The van der Waals surface area contributed by atoms with Crippen molar-refractivity contribution in [3.8, 4) is 5.75 Å². The molecule has 0 aliphatic carbocycles. The van der Waals surface area contributed by atoms with Gasteiger partial charge < -0.3 is 10.4 Å². The van der Waals surface area contributed by atoms with E-state index in [0.29, 0.717) is 5.56 Å². The molecule has 1 atom stereocenters. The average Bonchev–Trinajstić information content (AvgIpc) is 2.45. The molecule has 0 aliphatic heterocycles. The number of rotatable bonds is 5. The molecule has 2 N–H and O–H groups in total. The van der Waals surface area contributed by atoms with Crippen LogP contribution in [-0.4, -0.2) is 10.0 Å². The molecule has 5 nitrogen and oxygen atoms in total. The van der Waals surface area contributed by atoms with Crippen LogP contribution in [0.25, 0.3) is 0 Å². The van der Waals surface area contributed by atoms with Crippen LogP contribution in [-0.2, 0) is 0 Å². The van der Waals surface area contributed by atoms with E-state index in [2.05, 4.69) is 12.2 Å². The minimum Gasteiger partial charge on any atom is -0.508 e. The number of nitro groups is 1. The Morgan fingerprint density at radius 3 is 2.43 bits per heavy atom. The third-order valence-electron chi connectivity index (χ3n) is 3.44. The Morgan fingerprint density at radius 1 is 1.24 bits per heavy atom. The molecular weight excluding hydrogens is 268 g/mol. The molecule has 2 rings (SSSR count). The van der Waals surface area contributed by atoms with Crippen LogP contribution in [0.15, 0.2) is 42.5 Å². The third-order valence-corrected chi connectivity index (χ3v) is 3.44. The molecule has 0 saturated carbocycles. The SMILES string of the molecule is CCC(Nc1ccc([N+](=O)[O-])c(C)c1)c1ccc(O)cc1. The van der Waals surface area contributed by atoms with Crippen LogP contribution in [0.3, 0.4) is 0 Å². The lowest BCUT2D eigenvalue weighted by molar-refractivity contribution is -0.385. The van der Waals surface area contributed by atoms with Gasteiger partial charge in [-0.05, 0) is 43.2 Å². The van der Waals surface area contributed by atoms with Gasteiger partial charge >= 0.3 is 0 Å². The topological polar surface area (TPSA) is 75.4 Å². The number of hydrogen-bond donors (Lipinski definition) is 2. The van der Waals surface area contributed by atoms with E-state index in [4.69, 9.17) is 0 Å². The standard InChI is InChI=1S/C16H18N2O3/c1-3-15(12-4-7-14(19)8-5-12)17-13-6-9-16(18(20)21)11(2)10-13/h4-10,15,17,19H,3H2,1-2H3. The van der Waals surface area contributed by atoms with Crippen molar-refractivity contribution in [2.75, 3.05) is 5.32 Å². The van der Waals surface area contributed by atoms with Gasteiger partial charge in [0.2, 0.25) is 0 Å². The first-order valence-corrected chi connectivity index (χ1v) is 6.81. The predicted molar refractivity (Wildman–Crippen MR) is 82.6 cm³/mol. The molecule has 1 unspecified atom stereocenters. The molecule has 0 spiro atoms. The minimum atomic E-state index is -0.379. The Hall–Kier alpha value is -2.56. The highest BCUT2D eigenvalue weighted by Gasteiger charge is 2.13. The Kier molecular flexibility index (Phi) is 4.42. The lowest BCUT2D eigenvalue weighted by Gasteiger charge is -2.19. The maximum Gasteiger partial charge on any atom is 0.272 e. The molecule has 0 fully saturated rings. The molecule has 0 heterocycles. The molecular formula is C16H18N2O3. The zero-order valence-corrected chi connectivity index (χ0v) is 12.0. The van der Waals surface area contributed by atoms with Crippen molar-refractivity contribution < 1.29 is 10.0 Å². The molecule has 21 heavy (non-hydrogen) atoms. The molecule has 0 amide bonds. The van der Waals surface area contributed by atoms with E-state index in [1.165, 1.54) is 6.07 Å². The summed E-state index contributed by atoms with van der Waals surface area (Å²) in [5.41, 5.74) is 2.66. The second kappa shape index (κ2) is 6.26. The molecule has 0 bridgehead atoms. The van der Waals surface area contributed by atoms with Gasteiger partial charge in [0, 0.05) is 17.3 Å². The summed E-state index contributed by atoms with van der Waals surface area (Å²) in [7, 11) is 0. The second-order valence-electron chi connectivity index (χ2n) is 4.96. The van der Waals surface area contributed by atoms with Crippen molar-refractivity contribution in [1.29, 1.82) is 0 Å². The summed E-state index contributed by atoms with van der Waals surface area (Å²) in [5, 5.41) is 23.5. The van der Waals surface area contributed by atoms with Crippen LogP contribution in [0.1, 0.15) is 30.5 Å². The first kappa shape index (κ1) is 14.8. The Labute approximate surface area is 123 Å². The molecule has 2 aromatic carbocycles. The minimum absolute atomic E-state index is 0.0893. The van der Waals surface area contributed by atoms with E-state index in [0.717, 1.165) is 17.7 Å². The van der Waals surface area contributed by atoms with Crippen LogP contribution in [0.2, 0.25) is 0 Å². The molecule has 2 aromatic rings. The summed E-state index contributed by atoms with van der Waals surface area (Å²) in [6.45, 7) is 3.79. The van der Waals surface area contributed by atoms with Crippen molar-refractivity contribution in [1.82, 2.24) is 0 Å². The number of benzene rings is 2. The molecule has 110 valence electrons. The zero-order chi connectivity index (χ0) is 15.4. The Morgan fingerprint density at radius 2 is 1.90 bits per heavy atom. The van der Waals surface area contributed by atoms with E-state index >= 15 is 0 Å². The lowest BCUT2D eigenvalue weighted by atomic mass is 10.0. The van der Waals surface area contributed by atoms with Crippen molar-refractivity contribution >= 4 is 11.4 Å². The van der Waals surface area contributed by atoms with Gasteiger partial charge in [-0.25, -0.2) is 0 Å². The summed E-state index contributed by atoms with van der Waals surface area (Å²) < 4.78 is 0. The predicted octanol–water partition coefficient (Wildman–Crippen LogP) is 4.17. The van der Waals surface area contributed by atoms with Gasteiger partial charge in [0.15, 0.2) is 0 Å². The van der Waals surface area contributed by atoms with E-state index in [9.17, 15) is 15.2 Å². The maximum absolute atomic E-state index is 10.8. The number of aryl methyl sites for hydroxylation is 1. The Balaban J connectivity index is 2.20. The molecule has 5 heteroatoms. The number of nitrogens with zero attached hydrogens (tertiary/aromatic N) is 1. The van der Waals surface area contributed by atoms with Crippen molar-refractivity contribution in [2.45, 2.75) is 26.3 Å². The van der Waals surface area contributed by atoms with Gasteiger partial charge in [0.05, 0.1) is 11.0 Å². The first-order chi connectivity index (χ1) is 10.0. The van der Waals surface area contributed by atoms with Crippen LogP contribution in [0.5, 0.6) is 5.75 Å². The molecule has 0 saturated heterocycles. The van der Waals surface area contributed by atoms with E-state index < -0.39 is 0 Å².